The summed E-state index contributed by atoms with van der Waals surface area (Å²) < 4.78 is 83.7. The number of hydrogen-bond acceptors (Lipinski definition) is 6. The Morgan fingerprint density at radius 2 is 1.43 bits per heavy atom. The summed E-state index contributed by atoms with van der Waals surface area (Å²) in [5.74, 6) is -1.76. The van der Waals surface area contributed by atoms with Crippen molar-refractivity contribution < 1.29 is 30.0 Å². The summed E-state index contributed by atoms with van der Waals surface area (Å²) in [6.07, 6.45) is 1.73. The lowest BCUT2D eigenvalue weighted by atomic mass is 10.2. The van der Waals surface area contributed by atoms with Crippen LogP contribution in [-0.4, -0.2) is 27.6 Å². The molecule has 0 aliphatic heterocycles. The van der Waals surface area contributed by atoms with E-state index in [1.165, 1.54) is 12.1 Å². The highest BCUT2D eigenvalue weighted by Gasteiger charge is 2.35. The molecule has 6 nitrogen and oxygen atoms in total. The van der Waals surface area contributed by atoms with Crippen molar-refractivity contribution in [1.82, 2.24) is 4.98 Å². The molecule has 0 aliphatic carbocycles. The molecule has 0 N–H and O–H groups in total. The van der Waals surface area contributed by atoms with Crippen molar-refractivity contribution in [1.29, 1.82) is 0 Å². The summed E-state index contributed by atoms with van der Waals surface area (Å²) in [6.45, 7) is 1.90. The number of benzene rings is 2. The molecule has 1 aromatic heterocycles. The maximum Gasteiger partial charge on any atom is 0.258 e. The maximum atomic E-state index is 13.2. The van der Waals surface area contributed by atoms with Gasteiger partial charge in [0.05, 0.1) is 10.6 Å². The topological polar surface area (TPSA) is 94.3 Å². The standard InChI is InChI=1S/C20H19F2NO5S2/c1-2-3-4-13-29(24,25)20-19(30(26,27)17-11-9-16(22)10-12-17)23-18(28-20)14-5-7-15(21)8-6-14/h5-12H,2-4,13H2,1H3. The zero-order chi connectivity index (χ0) is 21.9. The molecule has 0 radical (unpaired) electrons. The fourth-order valence-electron chi connectivity index (χ4n) is 2.73. The average Bonchev–Trinajstić information content (AvgIpc) is 3.16. The van der Waals surface area contributed by atoms with Gasteiger partial charge in [-0.3, -0.25) is 0 Å². The van der Waals surface area contributed by atoms with Gasteiger partial charge in [-0.2, -0.15) is 4.98 Å². The van der Waals surface area contributed by atoms with Gasteiger partial charge in [0.2, 0.25) is 30.6 Å². The summed E-state index contributed by atoms with van der Waals surface area (Å²) in [6, 6.07) is 8.75. The second kappa shape index (κ2) is 8.65. The van der Waals surface area contributed by atoms with Crippen LogP contribution in [0.1, 0.15) is 26.2 Å². The van der Waals surface area contributed by atoms with Gasteiger partial charge in [-0.25, -0.2) is 25.6 Å². The van der Waals surface area contributed by atoms with Crippen LogP contribution in [0.3, 0.4) is 0 Å². The van der Waals surface area contributed by atoms with Crippen molar-refractivity contribution in [2.75, 3.05) is 5.75 Å². The van der Waals surface area contributed by atoms with Crippen molar-refractivity contribution >= 4 is 19.7 Å². The van der Waals surface area contributed by atoms with Crippen LogP contribution in [0.25, 0.3) is 11.5 Å². The molecule has 0 spiro atoms. The molecule has 0 aliphatic rings. The van der Waals surface area contributed by atoms with Gasteiger partial charge in [0, 0.05) is 5.56 Å². The van der Waals surface area contributed by atoms with E-state index < -0.39 is 41.4 Å². The van der Waals surface area contributed by atoms with Crippen molar-refractivity contribution in [2.24, 2.45) is 0 Å². The fraction of sp³-hybridized carbons (Fsp3) is 0.250. The van der Waals surface area contributed by atoms with Crippen LogP contribution >= 0.6 is 0 Å². The predicted octanol–water partition coefficient (Wildman–Crippen LogP) is 4.42. The quantitative estimate of drug-likeness (QED) is 0.369. The van der Waals surface area contributed by atoms with E-state index in [9.17, 15) is 25.6 Å². The van der Waals surface area contributed by atoms with Crippen LogP contribution in [0.4, 0.5) is 8.78 Å². The highest BCUT2D eigenvalue weighted by molar-refractivity contribution is 7.94. The molecule has 0 amide bonds. The van der Waals surface area contributed by atoms with Crippen LogP contribution in [-0.2, 0) is 19.7 Å². The van der Waals surface area contributed by atoms with Gasteiger partial charge in [0.1, 0.15) is 11.6 Å². The highest BCUT2D eigenvalue weighted by Crippen LogP contribution is 2.32. The van der Waals surface area contributed by atoms with E-state index in [0.717, 1.165) is 42.8 Å². The van der Waals surface area contributed by atoms with Gasteiger partial charge >= 0.3 is 0 Å². The van der Waals surface area contributed by atoms with Crippen molar-refractivity contribution in [3.05, 3.63) is 60.2 Å². The third-order valence-corrected chi connectivity index (χ3v) is 7.81. The molecule has 0 saturated carbocycles. The molecule has 0 atom stereocenters. The Morgan fingerprint density at radius 1 is 0.867 bits per heavy atom. The van der Waals surface area contributed by atoms with Gasteiger partial charge in [0.15, 0.2) is 0 Å². The first-order valence-corrected chi connectivity index (χ1v) is 12.3. The Morgan fingerprint density at radius 3 is 2.00 bits per heavy atom. The van der Waals surface area contributed by atoms with Gasteiger partial charge in [0.25, 0.3) is 5.09 Å². The van der Waals surface area contributed by atoms with E-state index in [1.807, 2.05) is 6.92 Å². The first kappa shape index (κ1) is 22.1. The number of sulfone groups is 2. The van der Waals surface area contributed by atoms with Gasteiger partial charge in [-0.05, 0) is 55.0 Å². The molecule has 30 heavy (non-hydrogen) atoms. The normalized spacial score (nSPS) is 12.2. The molecular weight excluding hydrogens is 436 g/mol. The summed E-state index contributed by atoms with van der Waals surface area (Å²) in [5.41, 5.74) is 0.210. The molecule has 3 aromatic rings. The monoisotopic (exact) mass is 455 g/mol. The van der Waals surface area contributed by atoms with E-state index >= 15 is 0 Å². The molecule has 0 fully saturated rings. The van der Waals surface area contributed by atoms with E-state index in [2.05, 4.69) is 4.98 Å². The lowest BCUT2D eigenvalue weighted by Gasteiger charge is -2.05. The first-order valence-electron chi connectivity index (χ1n) is 9.15. The predicted molar refractivity (Wildman–Crippen MR) is 105 cm³/mol. The minimum absolute atomic E-state index is 0.210. The average molecular weight is 456 g/mol. The molecule has 1 heterocycles. The third kappa shape index (κ3) is 4.59. The van der Waals surface area contributed by atoms with Crippen LogP contribution < -0.4 is 0 Å². The Labute approximate surface area is 173 Å². The molecule has 0 saturated heterocycles. The van der Waals surface area contributed by atoms with Crippen LogP contribution in [0.5, 0.6) is 0 Å². The van der Waals surface area contributed by atoms with Gasteiger partial charge in [-0.1, -0.05) is 19.8 Å². The number of hydrogen-bond donors (Lipinski definition) is 0. The van der Waals surface area contributed by atoms with Crippen LogP contribution in [0, 0.1) is 11.6 Å². The van der Waals surface area contributed by atoms with Crippen molar-refractivity contribution in [3.8, 4) is 11.5 Å². The number of nitrogens with zero attached hydrogens (tertiary/aromatic N) is 1. The third-order valence-electron chi connectivity index (χ3n) is 4.34. The Bertz CT molecular complexity index is 1230. The summed E-state index contributed by atoms with van der Waals surface area (Å²) in [4.78, 5) is 3.60. The molecule has 0 unspecified atom stereocenters. The van der Waals surface area contributed by atoms with E-state index in [0.29, 0.717) is 12.8 Å². The van der Waals surface area contributed by atoms with Crippen molar-refractivity contribution in [3.63, 3.8) is 0 Å². The van der Waals surface area contributed by atoms with E-state index in [-0.39, 0.29) is 22.1 Å². The second-order valence-electron chi connectivity index (χ2n) is 6.60. The largest absolute Gasteiger partial charge is 0.423 e. The lowest BCUT2D eigenvalue weighted by Crippen LogP contribution is -2.12. The van der Waals surface area contributed by atoms with E-state index in [1.54, 1.807) is 0 Å². The zero-order valence-electron chi connectivity index (χ0n) is 16.0. The maximum absolute atomic E-state index is 13.2. The Balaban J connectivity index is 2.16. The molecule has 10 heteroatoms. The van der Waals surface area contributed by atoms with Gasteiger partial charge in [-0.15, -0.1) is 0 Å². The molecule has 2 aromatic carbocycles. The van der Waals surface area contributed by atoms with Gasteiger partial charge < -0.3 is 4.42 Å². The minimum atomic E-state index is -4.42. The molecule has 160 valence electrons. The summed E-state index contributed by atoms with van der Waals surface area (Å²) in [5, 5.41) is -1.55. The smallest absolute Gasteiger partial charge is 0.258 e. The minimum Gasteiger partial charge on any atom is -0.423 e. The number of aromatic nitrogens is 1. The van der Waals surface area contributed by atoms with Crippen LogP contribution in [0.15, 0.2) is 68.0 Å². The Kier molecular flexibility index (Phi) is 6.37. The Hall–Kier alpha value is -2.59. The molecule has 3 rings (SSSR count). The lowest BCUT2D eigenvalue weighted by molar-refractivity contribution is 0.444. The zero-order valence-corrected chi connectivity index (χ0v) is 17.6. The number of oxazole rings is 1. The summed E-state index contributed by atoms with van der Waals surface area (Å²) in [7, 11) is -8.53. The molecular formula is C20H19F2NO5S2. The number of halogens is 2. The second-order valence-corrected chi connectivity index (χ2v) is 10.5. The molecule has 0 bridgehead atoms. The fourth-order valence-corrected chi connectivity index (χ4v) is 5.91. The van der Waals surface area contributed by atoms with Crippen LogP contribution in [0.2, 0.25) is 0 Å². The van der Waals surface area contributed by atoms with Crippen molar-refractivity contribution in [2.45, 2.75) is 41.2 Å². The van der Waals surface area contributed by atoms with E-state index in [4.69, 9.17) is 4.42 Å². The first-order chi connectivity index (χ1) is 14.1. The number of unbranched alkanes of at least 4 members (excludes halogenated alkanes) is 2. The summed E-state index contributed by atoms with van der Waals surface area (Å²) >= 11 is 0. The highest BCUT2D eigenvalue weighted by atomic mass is 32.2. The number of rotatable bonds is 8. The SMILES string of the molecule is CCCCCS(=O)(=O)c1oc(-c2ccc(F)cc2)nc1S(=O)(=O)c1ccc(F)cc1.